The van der Waals surface area contributed by atoms with Crippen LogP contribution in [0.5, 0.6) is 0 Å². The highest BCUT2D eigenvalue weighted by Gasteiger charge is 2.16. The van der Waals surface area contributed by atoms with E-state index in [1.807, 2.05) is 37.3 Å². The summed E-state index contributed by atoms with van der Waals surface area (Å²) in [6, 6.07) is 9.08. The molecule has 0 spiro atoms. The van der Waals surface area contributed by atoms with Gasteiger partial charge in [0.2, 0.25) is 5.91 Å². The second-order valence-corrected chi connectivity index (χ2v) is 6.10. The summed E-state index contributed by atoms with van der Waals surface area (Å²) in [6.07, 6.45) is 5.21. The number of nitrogens with zero attached hydrogens (tertiary/aromatic N) is 4. The number of halogens is 1. The lowest BCUT2D eigenvalue weighted by molar-refractivity contribution is -0.119. The Kier molecular flexibility index (Phi) is 4.66. The summed E-state index contributed by atoms with van der Waals surface area (Å²) >= 11 is 5.98. The first-order valence-corrected chi connectivity index (χ1v) is 7.98. The van der Waals surface area contributed by atoms with Crippen molar-refractivity contribution in [1.29, 1.82) is 0 Å². The minimum atomic E-state index is -0.394. The van der Waals surface area contributed by atoms with Crippen molar-refractivity contribution in [3.8, 4) is 0 Å². The molecule has 0 fully saturated rings. The molecule has 7 heteroatoms. The molecule has 3 aromatic rings. The third-order valence-corrected chi connectivity index (χ3v) is 3.89. The molecule has 0 saturated heterocycles. The summed E-state index contributed by atoms with van der Waals surface area (Å²) in [5.74, 6) is -0.139. The minimum absolute atomic E-state index is 0.139. The molecule has 1 amide bonds. The van der Waals surface area contributed by atoms with Crippen LogP contribution in [0.4, 0.5) is 5.69 Å². The van der Waals surface area contributed by atoms with Gasteiger partial charge in [-0.2, -0.15) is 10.2 Å². The van der Waals surface area contributed by atoms with Gasteiger partial charge in [-0.1, -0.05) is 23.7 Å². The summed E-state index contributed by atoms with van der Waals surface area (Å²) in [5.41, 5.74) is 2.57. The molecule has 0 bridgehead atoms. The van der Waals surface area contributed by atoms with Crippen LogP contribution in [0.3, 0.4) is 0 Å². The predicted octanol–water partition coefficient (Wildman–Crippen LogP) is 3.29. The van der Waals surface area contributed by atoms with Gasteiger partial charge in [0.1, 0.15) is 6.04 Å². The van der Waals surface area contributed by atoms with E-state index < -0.39 is 6.04 Å². The fourth-order valence-electron chi connectivity index (χ4n) is 2.35. The summed E-state index contributed by atoms with van der Waals surface area (Å²) < 4.78 is 3.39. The highest BCUT2D eigenvalue weighted by atomic mass is 35.5. The van der Waals surface area contributed by atoms with E-state index in [4.69, 9.17) is 11.6 Å². The van der Waals surface area contributed by atoms with E-state index in [9.17, 15) is 4.79 Å². The molecule has 0 aliphatic carbocycles. The molecule has 2 aromatic heterocycles. The highest BCUT2D eigenvalue weighted by Crippen LogP contribution is 2.14. The van der Waals surface area contributed by atoms with Gasteiger partial charge in [-0.05, 0) is 37.6 Å². The van der Waals surface area contributed by atoms with Gasteiger partial charge < -0.3 is 5.32 Å². The minimum Gasteiger partial charge on any atom is -0.322 e. The summed E-state index contributed by atoms with van der Waals surface area (Å²) in [7, 11) is 0. The fourth-order valence-corrected chi connectivity index (χ4v) is 2.57. The third-order valence-electron chi connectivity index (χ3n) is 3.65. The zero-order valence-electron chi connectivity index (χ0n) is 13.5. The second kappa shape index (κ2) is 6.88. The zero-order valence-corrected chi connectivity index (χ0v) is 14.2. The van der Waals surface area contributed by atoms with Crippen molar-refractivity contribution in [3.63, 3.8) is 0 Å². The number of carbonyl (C=O) groups is 1. The Labute approximate surface area is 145 Å². The number of aryl methyl sites for hydroxylation is 1. The molecule has 1 unspecified atom stereocenters. The van der Waals surface area contributed by atoms with E-state index in [-0.39, 0.29) is 5.91 Å². The lowest BCUT2D eigenvalue weighted by Crippen LogP contribution is -2.23. The van der Waals surface area contributed by atoms with Crippen molar-refractivity contribution < 1.29 is 4.79 Å². The van der Waals surface area contributed by atoms with E-state index in [1.165, 1.54) is 0 Å². The third kappa shape index (κ3) is 3.83. The number of hydrogen-bond donors (Lipinski definition) is 1. The maximum absolute atomic E-state index is 12.3. The van der Waals surface area contributed by atoms with Crippen molar-refractivity contribution in [3.05, 3.63) is 65.2 Å². The molecule has 6 nitrogen and oxygen atoms in total. The van der Waals surface area contributed by atoms with Gasteiger partial charge in [0.25, 0.3) is 0 Å². The van der Waals surface area contributed by atoms with E-state index in [0.29, 0.717) is 17.3 Å². The van der Waals surface area contributed by atoms with Crippen molar-refractivity contribution in [2.24, 2.45) is 0 Å². The molecular formula is C17H18ClN5O. The van der Waals surface area contributed by atoms with Gasteiger partial charge in [-0.3, -0.25) is 14.2 Å². The number of amides is 1. The summed E-state index contributed by atoms with van der Waals surface area (Å²) in [6.45, 7) is 4.28. The van der Waals surface area contributed by atoms with Crippen LogP contribution in [0.15, 0.2) is 48.9 Å². The maximum Gasteiger partial charge on any atom is 0.249 e. The molecule has 0 saturated carbocycles. The fraction of sp³-hybridized carbons (Fsp3) is 0.235. The Morgan fingerprint density at radius 3 is 2.92 bits per heavy atom. The van der Waals surface area contributed by atoms with Gasteiger partial charge in [0, 0.05) is 17.4 Å². The molecule has 124 valence electrons. The number of aromatic nitrogens is 4. The molecule has 1 aromatic carbocycles. The molecule has 0 aliphatic rings. The Bertz CT molecular complexity index is 854. The first kappa shape index (κ1) is 16.3. The molecular weight excluding hydrogens is 326 g/mol. The predicted molar refractivity (Wildman–Crippen MR) is 93.1 cm³/mol. The van der Waals surface area contributed by atoms with E-state index in [0.717, 1.165) is 11.3 Å². The number of benzene rings is 1. The SMILES string of the molecule is Cc1ccn(C(C)C(=O)Nc2cnn(Cc3cccc(Cl)c3)c2)n1. The number of anilines is 1. The number of carbonyl (C=O) groups excluding carboxylic acids is 1. The molecule has 0 radical (unpaired) electrons. The number of rotatable bonds is 5. The lowest BCUT2D eigenvalue weighted by Gasteiger charge is -2.11. The average molecular weight is 344 g/mol. The highest BCUT2D eigenvalue weighted by molar-refractivity contribution is 6.30. The van der Waals surface area contributed by atoms with Gasteiger partial charge in [0.05, 0.1) is 24.1 Å². The molecule has 3 rings (SSSR count). The molecule has 1 atom stereocenters. The first-order valence-electron chi connectivity index (χ1n) is 7.61. The van der Waals surface area contributed by atoms with Crippen LogP contribution in [0, 0.1) is 6.92 Å². The Morgan fingerprint density at radius 2 is 2.21 bits per heavy atom. The number of nitrogens with one attached hydrogen (secondary N) is 1. The smallest absolute Gasteiger partial charge is 0.249 e. The average Bonchev–Trinajstić information content (AvgIpc) is 3.16. The van der Waals surface area contributed by atoms with Crippen LogP contribution < -0.4 is 5.32 Å². The van der Waals surface area contributed by atoms with Crippen molar-refractivity contribution >= 4 is 23.2 Å². The molecule has 0 aliphatic heterocycles. The lowest BCUT2D eigenvalue weighted by atomic mass is 10.2. The van der Waals surface area contributed by atoms with Gasteiger partial charge >= 0.3 is 0 Å². The number of hydrogen-bond acceptors (Lipinski definition) is 3. The first-order chi connectivity index (χ1) is 11.5. The monoisotopic (exact) mass is 343 g/mol. The summed E-state index contributed by atoms with van der Waals surface area (Å²) in [5, 5.41) is 12.1. The quantitative estimate of drug-likeness (QED) is 0.773. The van der Waals surface area contributed by atoms with Crippen molar-refractivity contribution in [2.75, 3.05) is 5.32 Å². The Morgan fingerprint density at radius 1 is 1.38 bits per heavy atom. The van der Waals surface area contributed by atoms with Crippen molar-refractivity contribution in [2.45, 2.75) is 26.4 Å². The molecule has 1 N–H and O–H groups in total. The van der Waals surface area contributed by atoms with E-state index in [2.05, 4.69) is 15.5 Å². The molecule has 2 heterocycles. The van der Waals surface area contributed by atoms with Crippen LogP contribution in [-0.4, -0.2) is 25.5 Å². The van der Waals surface area contributed by atoms with Gasteiger partial charge in [-0.15, -0.1) is 0 Å². The van der Waals surface area contributed by atoms with Crippen LogP contribution in [0.2, 0.25) is 5.02 Å². The maximum atomic E-state index is 12.3. The zero-order chi connectivity index (χ0) is 17.1. The van der Waals surface area contributed by atoms with Crippen molar-refractivity contribution in [1.82, 2.24) is 19.6 Å². The van der Waals surface area contributed by atoms with Gasteiger partial charge in [0.15, 0.2) is 0 Å². The van der Waals surface area contributed by atoms with Gasteiger partial charge in [-0.25, -0.2) is 0 Å². The van der Waals surface area contributed by atoms with Crippen LogP contribution in [-0.2, 0) is 11.3 Å². The topological polar surface area (TPSA) is 64.7 Å². The molecule has 24 heavy (non-hydrogen) atoms. The van der Waals surface area contributed by atoms with Crippen LogP contribution in [0.1, 0.15) is 24.2 Å². The summed E-state index contributed by atoms with van der Waals surface area (Å²) in [4.78, 5) is 12.3. The van der Waals surface area contributed by atoms with Crippen LogP contribution in [0.25, 0.3) is 0 Å². The Balaban J connectivity index is 1.64. The Hall–Kier alpha value is -2.60. The van der Waals surface area contributed by atoms with Crippen LogP contribution >= 0.6 is 11.6 Å². The standard InChI is InChI=1S/C17H18ClN5O/c1-12-6-7-23(21-12)13(2)17(24)20-16-9-19-22(11-16)10-14-4-3-5-15(18)8-14/h3-9,11,13H,10H2,1-2H3,(H,20,24). The normalized spacial score (nSPS) is 12.1. The largest absolute Gasteiger partial charge is 0.322 e. The second-order valence-electron chi connectivity index (χ2n) is 5.66. The van der Waals surface area contributed by atoms with E-state index >= 15 is 0 Å². The van der Waals surface area contributed by atoms with E-state index in [1.54, 1.807) is 34.9 Å².